The van der Waals surface area contributed by atoms with E-state index in [0.29, 0.717) is 5.41 Å². The Kier molecular flexibility index (Phi) is 14.1. The molecule has 134 valence electrons. The zero-order chi connectivity index (χ0) is 18.4. The molecule has 0 bridgehead atoms. The van der Waals surface area contributed by atoms with Gasteiger partial charge in [-0.25, -0.2) is 0 Å². The molecule has 0 atom stereocenters. The molecule has 1 rings (SSSR count). The standard InChI is InChI=1S/C15H22.C5H12O.C2H6/c1-4-6-7-8-11-15(14(3)5-2)12-9-10-13-15;1-5(2,3)6-4;1-2/h4-10H,11-13H2,1-3H3;1-4H3;1-2H3/b6-4-,8-7-,14-5+;;. The predicted molar refractivity (Wildman–Crippen MR) is 107 cm³/mol. The maximum Gasteiger partial charge on any atom is 0.0594 e. The van der Waals surface area contributed by atoms with Crippen molar-refractivity contribution in [1.82, 2.24) is 0 Å². The summed E-state index contributed by atoms with van der Waals surface area (Å²) in [6.07, 6.45) is 19.1. The molecule has 1 nitrogen and oxygen atoms in total. The number of hydrogen-bond acceptors (Lipinski definition) is 1. The van der Waals surface area contributed by atoms with Crippen LogP contribution in [0.3, 0.4) is 0 Å². The third-order valence-corrected chi connectivity index (χ3v) is 4.01. The van der Waals surface area contributed by atoms with Crippen molar-refractivity contribution in [1.29, 1.82) is 0 Å². The molecule has 0 saturated heterocycles. The normalized spacial score (nSPS) is 17.0. The Balaban J connectivity index is 0. The van der Waals surface area contributed by atoms with Crippen LogP contribution in [0.15, 0.2) is 48.1 Å². The summed E-state index contributed by atoms with van der Waals surface area (Å²) < 4.78 is 4.94. The first kappa shape index (κ1) is 24.2. The first-order chi connectivity index (χ1) is 10.8. The molecule has 0 aromatic carbocycles. The van der Waals surface area contributed by atoms with Gasteiger partial charge in [-0.3, -0.25) is 0 Å². The summed E-state index contributed by atoms with van der Waals surface area (Å²) in [5, 5.41) is 0. The predicted octanol–water partition coefficient (Wildman–Crippen LogP) is 7.27. The van der Waals surface area contributed by atoms with Gasteiger partial charge in [0.2, 0.25) is 0 Å². The van der Waals surface area contributed by atoms with E-state index in [9.17, 15) is 0 Å². The molecule has 0 aromatic heterocycles. The van der Waals surface area contributed by atoms with Crippen LogP contribution in [-0.4, -0.2) is 12.7 Å². The van der Waals surface area contributed by atoms with Crippen LogP contribution in [0.1, 0.15) is 74.7 Å². The molecule has 1 aliphatic carbocycles. The van der Waals surface area contributed by atoms with Crippen LogP contribution in [0.5, 0.6) is 0 Å². The lowest BCUT2D eigenvalue weighted by molar-refractivity contribution is 0.0397. The molecule has 0 spiro atoms. The molecule has 1 heteroatoms. The zero-order valence-electron chi connectivity index (χ0n) is 17.1. The van der Waals surface area contributed by atoms with Crippen molar-refractivity contribution in [2.24, 2.45) is 5.41 Å². The minimum Gasteiger partial charge on any atom is -0.379 e. The van der Waals surface area contributed by atoms with Gasteiger partial charge >= 0.3 is 0 Å². The van der Waals surface area contributed by atoms with Crippen LogP contribution < -0.4 is 0 Å². The minimum atomic E-state index is 0.0417. The molecule has 0 aromatic rings. The Hall–Kier alpha value is -1.08. The fourth-order valence-corrected chi connectivity index (χ4v) is 2.14. The van der Waals surface area contributed by atoms with E-state index in [1.165, 1.54) is 18.4 Å². The Morgan fingerprint density at radius 2 is 1.57 bits per heavy atom. The van der Waals surface area contributed by atoms with E-state index in [1.54, 1.807) is 7.11 Å². The van der Waals surface area contributed by atoms with Gasteiger partial charge in [0.15, 0.2) is 0 Å². The monoisotopic (exact) mass is 320 g/mol. The Labute approximate surface area is 146 Å². The Morgan fingerprint density at radius 3 is 1.91 bits per heavy atom. The Morgan fingerprint density at radius 1 is 1.09 bits per heavy atom. The van der Waals surface area contributed by atoms with Gasteiger partial charge < -0.3 is 4.74 Å². The number of ether oxygens (including phenoxy) is 1. The van der Waals surface area contributed by atoms with Crippen LogP contribution >= 0.6 is 0 Å². The third-order valence-electron chi connectivity index (χ3n) is 4.01. The lowest BCUT2D eigenvalue weighted by Crippen LogP contribution is -2.17. The van der Waals surface area contributed by atoms with E-state index in [0.717, 1.165) is 6.42 Å². The van der Waals surface area contributed by atoms with Crippen molar-refractivity contribution in [3.05, 3.63) is 48.1 Å². The van der Waals surface area contributed by atoms with Gasteiger partial charge in [0, 0.05) is 12.5 Å². The topological polar surface area (TPSA) is 9.23 Å². The zero-order valence-corrected chi connectivity index (χ0v) is 17.1. The van der Waals surface area contributed by atoms with Crippen LogP contribution in [-0.2, 0) is 4.74 Å². The molecule has 0 unspecified atom stereocenters. The van der Waals surface area contributed by atoms with E-state index in [-0.39, 0.29) is 5.60 Å². The summed E-state index contributed by atoms with van der Waals surface area (Å²) in [5.41, 5.74) is 1.95. The highest BCUT2D eigenvalue weighted by molar-refractivity contribution is 5.22. The molecule has 0 saturated carbocycles. The van der Waals surface area contributed by atoms with Gasteiger partial charge in [-0.15, -0.1) is 0 Å². The van der Waals surface area contributed by atoms with Crippen molar-refractivity contribution >= 4 is 0 Å². The highest BCUT2D eigenvalue weighted by atomic mass is 16.5. The van der Waals surface area contributed by atoms with E-state index in [1.807, 2.05) is 34.6 Å². The smallest absolute Gasteiger partial charge is 0.0594 e. The molecule has 0 heterocycles. The van der Waals surface area contributed by atoms with Crippen molar-refractivity contribution < 1.29 is 4.74 Å². The highest BCUT2D eigenvalue weighted by Gasteiger charge is 2.30. The number of rotatable bonds is 4. The van der Waals surface area contributed by atoms with Gasteiger partial charge in [-0.2, -0.15) is 0 Å². The van der Waals surface area contributed by atoms with E-state index >= 15 is 0 Å². The second-order valence-electron chi connectivity index (χ2n) is 6.61. The maximum absolute atomic E-state index is 4.94. The number of allylic oxidation sites excluding steroid dienone is 8. The molecule has 0 N–H and O–H groups in total. The first-order valence-electron chi connectivity index (χ1n) is 8.92. The molecule has 0 fully saturated rings. The van der Waals surface area contributed by atoms with Gasteiger partial charge in [-0.05, 0) is 60.8 Å². The molecular formula is C22H40O. The molecule has 23 heavy (non-hydrogen) atoms. The second-order valence-corrected chi connectivity index (χ2v) is 6.61. The van der Waals surface area contributed by atoms with Crippen LogP contribution in [0, 0.1) is 5.41 Å². The molecule has 0 radical (unpaired) electrons. The molecule has 0 amide bonds. The fraction of sp³-hybridized carbons (Fsp3) is 0.636. The first-order valence-corrected chi connectivity index (χ1v) is 8.92. The van der Waals surface area contributed by atoms with Gasteiger partial charge in [0.25, 0.3) is 0 Å². The van der Waals surface area contributed by atoms with E-state index in [4.69, 9.17) is 4.74 Å². The van der Waals surface area contributed by atoms with Crippen molar-refractivity contribution in [3.8, 4) is 0 Å². The lowest BCUT2D eigenvalue weighted by Gasteiger charge is -2.29. The summed E-state index contributed by atoms with van der Waals surface area (Å²) in [6, 6.07) is 0. The van der Waals surface area contributed by atoms with Gasteiger partial charge in [-0.1, -0.05) is 62.0 Å². The number of methoxy groups -OCH3 is 1. The largest absolute Gasteiger partial charge is 0.379 e. The average Bonchev–Trinajstić information content (AvgIpc) is 3.03. The van der Waals surface area contributed by atoms with Crippen LogP contribution in [0.4, 0.5) is 0 Å². The third kappa shape index (κ3) is 11.1. The SMILES string of the molecule is C/C=C\C=C/CC1(/C(C)=C/C)CC=CC1.CC.COC(C)(C)C. The summed E-state index contributed by atoms with van der Waals surface area (Å²) in [7, 11) is 1.71. The van der Waals surface area contributed by atoms with Gasteiger partial charge in [0.05, 0.1) is 5.60 Å². The van der Waals surface area contributed by atoms with Crippen LogP contribution in [0.25, 0.3) is 0 Å². The maximum atomic E-state index is 4.94. The van der Waals surface area contributed by atoms with Crippen molar-refractivity contribution in [2.45, 2.75) is 80.3 Å². The summed E-state index contributed by atoms with van der Waals surface area (Å²) in [4.78, 5) is 0. The van der Waals surface area contributed by atoms with Gasteiger partial charge in [0.1, 0.15) is 0 Å². The average molecular weight is 321 g/mol. The Bertz CT molecular complexity index is 381. The minimum absolute atomic E-state index is 0.0417. The van der Waals surface area contributed by atoms with Crippen molar-refractivity contribution in [2.75, 3.05) is 7.11 Å². The summed E-state index contributed by atoms with van der Waals surface area (Å²) in [5.74, 6) is 0. The van der Waals surface area contributed by atoms with E-state index < -0.39 is 0 Å². The summed E-state index contributed by atoms with van der Waals surface area (Å²) >= 11 is 0. The van der Waals surface area contributed by atoms with E-state index in [2.05, 4.69) is 63.3 Å². The van der Waals surface area contributed by atoms with Crippen molar-refractivity contribution in [3.63, 3.8) is 0 Å². The number of hydrogen-bond donors (Lipinski definition) is 0. The highest BCUT2D eigenvalue weighted by Crippen LogP contribution is 2.43. The molecular weight excluding hydrogens is 280 g/mol. The molecule has 1 aliphatic rings. The molecule has 0 aliphatic heterocycles. The second kappa shape index (κ2) is 13.4. The quantitative estimate of drug-likeness (QED) is 0.391. The fourth-order valence-electron chi connectivity index (χ4n) is 2.14. The van der Waals surface area contributed by atoms with Crippen LogP contribution in [0.2, 0.25) is 0 Å². The summed E-state index contributed by atoms with van der Waals surface area (Å²) in [6.45, 7) is 16.5. The lowest BCUT2D eigenvalue weighted by atomic mass is 9.75.